The van der Waals surface area contributed by atoms with Crippen molar-refractivity contribution in [3.05, 3.63) is 83.9 Å². The van der Waals surface area contributed by atoms with Crippen LogP contribution in [0.5, 0.6) is 5.75 Å². The number of piperazine rings is 1. The molecule has 10 heteroatoms. The van der Waals surface area contributed by atoms with Crippen molar-refractivity contribution in [3.8, 4) is 5.75 Å². The third kappa shape index (κ3) is 5.90. The van der Waals surface area contributed by atoms with E-state index < -0.39 is 20.0 Å². The molecule has 214 valence electrons. The topological polar surface area (TPSA) is 87.2 Å². The standard InChI is InChI=1S/C30H37N3O5S2/c1-24-8-6-7-11-30(24)40(36,37)33-20-18-31(19-21-33)28-23-27(12-13-29(28)38-2)39(34,35)32-16-14-26(15-17-32)22-25-9-4-3-5-10-25/h3-13,23,26H,14-22H2,1-2H3. The highest BCUT2D eigenvalue weighted by Crippen LogP contribution is 2.34. The van der Waals surface area contributed by atoms with Crippen molar-refractivity contribution in [2.75, 3.05) is 51.3 Å². The molecule has 0 spiro atoms. The number of aryl methyl sites for hydroxylation is 1. The molecule has 3 aromatic rings. The van der Waals surface area contributed by atoms with E-state index in [4.69, 9.17) is 4.74 Å². The van der Waals surface area contributed by atoms with Gasteiger partial charge in [0.05, 0.1) is 22.6 Å². The number of ether oxygens (including phenoxy) is 1. The first kappa shape index (κ1) is 28.6. The van der Waals surface area contributed by atoms with Crippen LogP contribution in [0.15, 0.2) is 82.6 Å². The molecule has 3 aromatic carbocycles. The van der Waals surface area contributed by atoms with Crippen molar-refractivity contribution in [2.24, 2.45) is 5.92 Å². The summed E-state index contributed by atoms with van der Waals surface area (Å²) in [5.41, 5.74) is 2.67. The molecule has 2 fully saturated rings. The summed E-state index contributed by atoms with van der Waals surface area (Å²) in [6.07, 6.45) is 2.62. The maximum atomic E-state index is 13.6. The molecule has 0 atom stereocenters. The lowest BCUT2D eigenvalue weighted by atomic mass is 9.91. The summed E-state index contributed by atoms with van der Waals surface area (Å²) in [5, 5.41) is 0. The maximum Gasteiger partial charge on any atom is 0.243 e. The maximum absolute atomic E-state index is 13.6. The van der Waals surface area contributed by atoms with Gasteiger partial charge >= 0.3 is 0 Å². The van der Waals surface area contributed by atoms with Crippen LogP contribution in [0.1, 0.15) is 24.0 Å². The van der Waals surface area contributed by atoms with Crippen LogP contribution in [-0.2, 0) is 26.5 Å². The smallest absolute Gasteiger partial charge is 0.243 e. The van der Waals surface area contributed by atoms with E-state index in [2.05, 4.69) is 12.1 Å². The Kier molecular flexibility index (Phi) is 8.51. The van der Waals surface area contributed by atoms with Gasteiger partial charge in [-0.25, -0.2) is 16.8 Å². The lowest BCUT2D eigenvalue weighted by Crippen LogP contribution is -2.49. The average molecular weight is 584 g/mol. The van der Waals surface area contributed by atoms with Gasteiger partial charge in [-0.3, -0.25) is 0 Å². The number of piperidine rings is 1. The number of anilines is 1. The van der Waals surface area contributed by atoms with Crippen molar-refractivity contribution in [2.45, 2.75) is 36.0 Å². The van der Waals surface area contributed by atoms with Gasteiger partial charge in [0.1, 0.15) is 5.75 Å². The summed E-state index contributed by atoms with van der Waals surface area (Å²) < 4.78 is 62.5. The highest BCUT2D eigenvalue weighted by molar-refractivity contribution is 7.89. The van der Waals surface area contributed by atoms with Crippen molar-refractivity contribution in [3.63, 3.8) is 0 Å². The molecule has 0 saturated carbocycles. The van der Waals surface area contributed by atoms with Gasteiger partial charge in [-0.15, -0.1) is 0 Å². The van der Waals surface area contributed by atoms with Crippen molar-refractivity contribution < 1.29 is 21.6 Å². The lowest BCUT2D eigenvalue weighted by Gasteiger charge is -2.36. The molecule has 5 rings (SSSR count). The first-order chi connectivity index (χ1) is 19.2. The van der Waals surface area contributed by atoms with Gasteiger partial charge in [0.15, 0.2) is 0 Å². The number of methoxy groups -OCH3 is 1. The van der Waals surface area contributed by atoms with E-state index in [1.165, 1.54) is 9.87 Å². The number of benzene rings is 3. The molecular formula is C30H37N3O5S2. The van der Waals surface area contributed by atoms with E-state index in [0.717, 1.165) is 19.3 Å². The van der Waals surface area contributed by atoms with E-state index >= 15 is 0 Å². The number of hydrogen-bond acceptors (Lipinski definition) is 6. The Balaban J connectivity index is 1.28. The van der Waals surface area contributed by atoms with Crippen LogP contribution in [0.4, 0.5) is 5.69 Å². The predicted octanol–water partition coefficient (Wildman–Crippen LogP) is 4.16. The molecular weight excluding hydrogens is 546 g/mol. The van der Waals surface area contributed by atoms with Crippen LogP contribution in [-0.4, -0.2) is 71.8 Å². The van der Waals surface area contributed by atoms with E-state index in [-0.39, 0.29) is 4.90 Å². The minimum atomic E-state index is -3.67. The molecule has 0 bridgehead atoms. The second kappa shape index (κ2) is 11.9. The molecule has 2 aliphatic rings. The summed E-state index contributed by atoms with van der Waals surface area (Å²) in [6, 6.07) is 22.3. The van der Waals surface area contributed by atoms with Crippen LogP contribution >= 0.6 is 0 Å². The number of nitrogens with zero attached hydrogens (tertiary/aromatic N) is 3. The Morgan fingerprint density at radius 3 is 2.02 bits per heavy atom. The molecule has 2 heterocycles. The van der Waals surface area contributed by atoms with Crippen LogP contribution in [0.2, 0.25) is 0 Å². The molecule has 0 unspecified atom stereocenters. The fourth-order valence-electron chi connectivity index (χ4n) is 5.68. The second-order valence-corrected chi connectivity index (χ2v) is 14.4. The molecule has 40 heavy (non-hydrogen) atoms. The normalized spacial score (nSPS) is 18.1. The Labute approximate surface area is 238 Å². The van der Waals surface area contributed by atoms with Gasteiger partial charge in [0, 0.05) is 39.3 Å². The number of sulfonamides is 2. The number of hydrogen-bond donors (Lipinski definition) is 0. The van der Waals surface area contributed by atoms with E-state index in [0.29, 0.717) is 67.1 Å². The SMILES string of the molecule is COc1ccc(S(=O)(=O)N2CCC(Cc3ccccc3)CC2)cc1N1CCN(S(=O)(=O)c2ccccc2C)CC1. The van der Waals surface area contributed by atoms with Crippen LogP contribution in [0, 0.1) is 12.8 Å². The Morgan fingerprint density at radius 1 is 0.750 bits per heavy atom. The fraction of sp³-hybridized carbons (Fsp3) is 0.400. The molecule has 0 N–H and O–H groups in total. The highest BCUT2D eigenvalue weighted by Gasteiger charge is 2.33. The fourth-order valence-corrected chi connectivity index (χ4v) is 8.82. The Morgan fingerprint density at radius 2 is 1.38 bits per heavy atom. The summed E-state index contributed by atoms with van der Waals surface area (Å²) >= 11 is 0. The lowest BCUT2D eigenvalue weighted by molar-refractivity contribution is 0.273. The van der Waals surface area contributed by atoms with Crippen molar-refractivity contribution in [1.29, 1.82) is 0 Å². The number of rotatable bonds is 8. The minimum absolute atomic E-state index is 0.236. The van der Waals surface area contributed by atoms with E-state index in [1.54, 1.807) is 54.7 Å². The molecule has 0 amide bonds. The monoisotopic (exact) mass is 583 g/mol. The third-order valence-electron chi connectivity index (χ3n) is 8.02. The van der Waals surface area contributed by atoms with Gasteiger partial charge in [0.2, 0.25) is 20.0 Å². The first-order valence-electron chi connectivity index (χ1n) is 13.7. The third-order valence-corrected chi connectivity index (χ3v) is 12.0. The van der Waals surface area contributed by atoms with Crippen molar-refractivity contribution in [1.82, 2.24) is 8.61 Å². The molecule has 2 saturated heterocycles. The molecule has 0 aliphatic carbocycles. The van der Waals surface area contributed by atoms with Gasteiger partial charge in [-0.1, -0.05) is 48.5 Å². The minimum Gasteiger partial charge on any atom is -0.495 e. The van der Waals surface area contributed by atoms with Gasteiger partial charge in [-0.2, -0.15) is 8.61 Å². The van der Waals surface area contributed by atoms with Crippen LogP contribution in [0.25, 0.3) is 0 Å². The zero-order valence-corrected chi connectivity index (χ0v) is 24.7. The Bertz CT molecular complexity index is 1530. The first-order valence-corrected chi connectivity index (χ1v) is 16.6. The molecule has 2 aliphatic heterocycles. The second-order valence-electron chi connectivity index (χ2n) is 10.5. The highest BCUT2D eigenvalue weighted by atomic mass is 32.2. The summed E-state index contributed by atoms with van der Waals surface area (Å²) in [7, 11) is -5.73. The van der Waals surface area contributed by atoms with Crippen LogP contribution < -0.4 is 9.64 Å². The molecule has 8 nitrogen and oxygen atoms in total. The zero-order chi connectivity index (χ0) is 28.3. The predicted molar refractivity (Wildman–Crippen MR) is 157 cm³/mol. The Hall–Kier alpha value is -2.92. The summed E-state index contributed by atoms with van der Waals surface area (Å²) in [6.45, 7) is 4.24. The van der Waals surface area contributed by atoms with Gasteiger partial charge in [0.25, 0.3) is 0 Å². The van der Waals surface area contributed by atoms with Crippen LogP contribution in [0.3, 0.4) is 0 Å². The zero-order valence-electron chi connectivity index (χ0n) is 23.1. The van der Waals surface area contributed by atoms with Crippen molar-refractivity contribution >= 4 is 25.7 Å². The van der Waals surface area contributed by atoms with E-state index in [1.807, 2.05) is 29.2 Å². The van der Waals surface area contributed by atoms with Gasteiger partial charge in [-0.05, 0) is 67.5 Å². The van der Waals surface area contributed by atoms with E-state index in [9.17, 15) is 16.8 Å². The largest absolute Gasteiger partial charge is 0.495 e. The summed E-state index contributed by atoms with van der Waals surface area (Å²) in [5.74, 6) is 1.03. The molecule has 0 radical (unpaired) electrons. The molecule has 0 aromatic heterocycles. The average Bonchev–Trinajstić information content (AvgIpc) is 2.98. The van der Waals surface area contributed by atoms with Gasteiger partial charge < -0.3 is 9.64 Å². The quantitative estimate of drug-likeness (QED) is 0.396. The summed E-state index contributed by atoms with van der Waals surface area (Å²) in [4.78, 5) is 2.56.